The molecule has 0 bridgehead atoms. The van der Waals surface area contributed by atoms with E-state index in [1.54, 1.807) is 6.07 Å². The Morgan fingerprint density at radius 2 is 2.05 bits per heavy atom. The van der Waals surface area contributed by atoms with Crippen molar-refractivity contribution in [3.8, 4) is 0 Å². The number of aliphatic hydroxyl groups excluding tert-OH is 1. The van der Waals surface area contributed by atoms with Crippen LogP contribution in [0.15, 0.2) is 18.2 Å². The Labute approximate surface area is 120 Å². The van der Waals surface area contributed by atoms with E-state index in [0.29, 0.717) is 30.3 Å². The van der Waals surface area contributed by atoms with Gasteiger partial charge in [-0.1, -0.05) is 0 Å². The van der Waals surface area contributed by atoms with Crippen LogP contribution in [0.25, 0.3) is 0 Å². The van der Waals surface area contributed by atoms with Crippen molar-refractivity contribution < 1.29 is 9.90 Å². The Morgan fingerprint density at radius 1 is 1.40 bits per heavy atom. The number of nitrogen functional groups attached to an aromatic ring is 1. The number of hydrogen-bond acceptors (Lipinski definition) is 4. The predicted octanol–water partition coefficient (Wildman–Crippen LogP) is 1.18. The van der Waals surface area contributed by atoms with Gasteiger partial charge in [0.25, 0.3) is 5.91 Å². The smallest absolute Gasteiger partial charge is 0.253 e. The van der Waals surface area contributed by atoms with Gasteiger partial charge in [-0.05, 0) is 37.0 Å². The molecule has 110 valence electrons. The topological polar surface area (TPSA) is 69.8 Å². The standard InChI is InChI=1S/C15H23N3O2/c1-17(2)14-4-3-12(9-13(14)16)15(20)18-7-5-11(10-19)6-8-18/h3-4,9,11,19H,5-8,10,16H2,1-2H3. The minimum atomic E-state index is 0.0263. The molecule has 5 heteroatoms. The van der Waals surface area contributed by atoms with E-state index >= 15 is 0 Å². The van der Waals surface area contributed by atoms with Crippen molar-refractivity contribution in [3.63, 3.8) is 0 Å². The molecule has 0 unspecified atom stereocenters. The van der Waals surface area contributed by atoms with Crippen LogP contribution in [0.2, 0.25) is 0 Å². The van der Waals surface area contributed by atoms with Crippen molar-refractivity contribution in [1.29, 1.82) is 0 Å². The van der Waals surface area contributed by atoms with Gasteiger partial charge in [0.05, 0.1) is 11.4 Å². The average molecular weight is 277 g/mol. The highest BCUT2D eigenvalue weighted by atomic mass is 16.3. The molecular formula is C15H23N3O2. The van der Waals surface area contributed by atoms with Crippen molar-refractivity contribution in [3.05, 3.63) is 23.8 Å². The zero-order valence-corrected chi connectivity index (χ0v) is 12.2. The molecule has 0 spiro atoms. The Kier molecular flexibility index (Phi) is 4.49. The van der Waals surface area contributed by atoms with Gasteiger partial charge in [-0.3, -0.25) is 4.79 Å². The molecular weight excluding hydrogens is 254 g/mol. The van der Waals surface area contributed by atoms with E-state index in [0.717, 1.165) is 18.5 Å². The monoisotopic (exact) mass is 277 g/mol. The average Bonchev–Trinajstić information content (AvgIpc) is 2.46. The molecule has 20 heavy (non-hydrogen) atoms. The number of aliphatic hydroxyl groups is 1. The maximum atomic E-state index is 12.4. The maximum absolute atomic E-state index is 12.4. The lowest BCUT2D eigenvalue weighted by Crippen LogP contribution is -2.39. The van der Waals surface area contributed by atoms with Gasteiger partial charge in [-0.2, -0.15) is 0 Å². The van der Waals surface area contributed by atoms with Crippen LogP contribution in [-0.2, 0) is 0 Å². The summed E-state index contributed by atoms with van der Waals surface area (Å²) in [5.41, 5.74) is 8.16. The van der Waals surface area contributed by atoms with Crippen LogP contribution in [0.1, 0.15) is 23.2 Å². The van der Waals surface area contributed by atoms with Gasteiger partial charge in [-0.15, -0.1) is 0 Å². The second-order valence-corrected chi connectivity index (χ2v) is 5.59. The third-order valence-corrected chi connectivity index (χ3v) is 3.92. The first-order valence-corrected chi connectivity index (χ1v) is 7.00. The number of amides is 1. The van der Waals surface area contributed by atoms with Gasteiger partial charge < -0.3 is 20.6 Å². The fraction of sp³-hybridized carbons (Fsp3) is 0.533. The molecule has 1 aromatic carbocycles. The molecule has 0 radical (unpaired) electrons. The predicted molar refractivity (Wildman–Crippen MR) is 80.9 cm³/mol. The molecule has 0 aromatic heterocycles. The zero-order chi connectivity index (χ0) is 14.7. The molecule has 0 aliphatic carbocycles. The van der Waals surface area contributed by atoms with Crippen LogP contribution < -0.4 is 10.6 Å². The summed E-state index contributed by atoms with van der Waals surface area (Å²) < 4.78 is 0. The molecule has 2 rings (SSSR count). The van der Waals surface area contributed by atoms with E-state index in [1.807, 2.05) is 36.0 Å². The summed E-state index contributed by atoms with van der Waals surface area (Å²) in [5.74, 6) is 0.360. The molecule has 3 N–H and O–H groups in total. The second-order valence-electron chi connectivity index (χ2n) is 5.59. The van der Waals surface area contributed by atoms with Crippen LogP contribution >= 0.6 is 0 Å². The minimum absolute atomic E-state index is 0.0263. The van der Waals surface area contributed by atoms with Gasteiger partial charge in [0.15, 0.2) is 0 Å². The number of piperidine rings is 1. The van der Waals surface area contributed by atoms with Crippen molar-refractivity contribution >= 4 is 17.3 Å². The van der Waals surface area contributed by atoms with E-state index in [4.69, 9.17) is 10.8 Å². The normalized spacial score (nSPS) is 16.2. The van der Waals surface area contributed by atoms with Crippen molar-refractivity contribution in [2.45, 2.75) is 12.8 Å². The van der Waals surface area contributed by atoms with E-state index in [-0.39, 0.29) is 12.5 Å². The highest BCUT2D eigenvalue weighted by Gasteiger charge is 2.23. The number of hydrogen-bond donors (Lipinski definition) is 2. The number of benzene rings is 1. The molecule has 1 fully saturated rings. The number of nitrogens with zero attached hydrogens (tertiary/aromatic N) is 2. The second kappa shape index (κ2) is 6.13. The maximum Gasteiger partial charge on any atom is 0.253 e. The summed E-state index contributed by atoms with van der Waals surface area (Å²) in [6.07, 6.45) is 1.74. The van der Waals surface area contributed by atoms with E-state index < -0.39 is 0 Å². The first-order valence-electron chi connectivity index (χ1n) is 7.00. The van der Waals surface area contributed by atoms with Crippen LogP contribution in [0.4, 0.5) is 11.4 Å². The van der Waals surface area contributed by atoms with Crippen LogP contribution in [0.5, 0.6) is 0 Å². The number of carbonyl (C=O) groups is 1. The lowest BCUT2D eigenvalue weighted by Gasteiger charge is -2.31. The summed E-state index contributed by atoms with van der Waals surface area (Å²) in [7, 11) is 3.85. The van der Waals surface area contributed by atoms with E-state index in [1.165, 1.54) is 0 Å². The third-order valence-electron chi connectivity index (χ3n) is 3.92. The first kappa shape index (κ1) is 14.7. The number of likely N-dealkylation sites (tertiary alicyclic amines) is 1. The molecule has 0 atom stereocenters. The fourth-order valence-corrected chi connectivity index (χ4v) is 2.60. The molecule has 1 aromatic rings. The minimum Gasteiger partial charge on any atom is -0.397 e. The van der Waals surface area contributed by atoms with Gasteiger partial charge >= 0.3 is 0 Å². The largest absolute Gasteiger partial charge is 0.397 e. The lowest BCUT2D eigenvalue weighted by molar-refractivity contribution is 0.0651. The highest BCUT2D eigenvalue weighted by Crippen LogP contribution is 2.24. The van der Waals surface area contributed by atoms with Crippen LogP contribution in [-0.4, -0.2) is 49.7 Å². The van der Waals surface area contributed by atoms with Gasteiger partial charge in [0.1, 0.15) is 0 Å². The summed E-state index contributed by atoms with van der Waals surface area (Å²) in [6.45, 7) is 1.63. The molecule has 5 nitrogen and oxygen atoms in total. The SMILES string of the molecule is CN(C)c1ccc(C(=O)N2CCC(CO)CC2)cc1N. The fourth-order valence-electron chi connectivity index (χ4n) is 2.60. The lowest BCUT2D eigenvalue weighted by atomic mass is 9.97. The van der Waals surface area contributed by atoms with Gasteiger partial charge in [-0.25, -0.2) is 0 Å². The Hall–Kier alpha value is -1.75. The van der Waals surface area contributed by atoms with Crippen molar-refractivity contribution in [2.75, 3.05) is 44.4 Å². The summed E-state index contributed by atoms with van der Waals surface area (Å²) in [4.78, 5) is 16.2. The number of carbonyl (C=O) groups excluding carboxylic acids is 1. The number of nitrogens with two attached hydrogens (primary N) is 1. The molecule has 1 amide bonds. The highest BCUT2D eigenvalue weighted by molar-refractivity contribution is 5.96. The summed E-state index contributed by atoms with van der Waals surface area (Å²) in [6, 6.07) is 5.45. The summed E-state index contributed by atoms with van der Waals surface area (Å²) >= 11 is 0. The summed E-state index contributed by atoms with van der Waals surface area (Å²) in [5, 5.41) is 9.13. The van der Waals surface area contributed by atoms with Crippen molar-refractivity contribution in [1.82, 2.24) is 4.90 Å². The third kappa shape index (κ3) is 3.04. The Morgan fingerprint density at radius 3 is 2.55 bits per heavy atom. The molecule has 1 saturated heterocycles. The molecule has 1 aliphatic heterocycles. The number of anilines is 2. The molecule has 0 saturated carbocycles. The molecule has 1 aliphatic rings. The van der Waals surface area contributed by atoms with Gasteiger partial charge in [0.2, 0.25) is 0 Å². The van der Waals surface area contributed by atoms with Crippen LogP contribution in [0, 0.1) is 5.92 Å². The van der Waals surface area contributed by atoms with E-state index in [9.17, 15) is 4.79 Å². The first-order chi connectivity index (χ1) is 9.52. The van der Waals surface area contributed by atoms with Gasteiger partial charge in [0, 0.05) is 39.4 Å². The molecule has 1 heterocycles. The van der Waals surface area contributed by atoms with Crippen molar-refractivity contribution in [2.24, 2.45) is 5.92 Å². The Balaban J connectivity index is 2.08. The van der Waals surface area contributed by atoms with E-state index in [2.05, 4.69) is 0 Å². The Bertz CT molecular complexity index is 480. The van der Waals surface area contributed by atoms with Crippen LogP contribution in [0.3, 0.4) is 0 Å². The quantitative estimate of drug-likeness (QED) is 0.814. The number of rotatable bonds is 3. The zero-order valence-electron chi connectivity index (χ0n) is 12.2.